The molecule has 0 aliphatic heterocycles. The molecule has 5 heteroatoms. The molecule has 1 N–H and O–H groups in total. The molecule has 0 unspecified atom stereocenters. The smallest absolute Gasteiger partial charge is 0.335 e. The van der Waals surface area contributed by atoms with Crippen molar-refractivity contribution in [3.63, 3.8) is 0 Å². The minimum absolute atomic E-state index is 0.263. The largest absolute Gasteiger partial charge is 0.478 e. The first kappa shape index (κ1) is 11.2. The Morgan fingerprint density at radius 3 is 2.35 bits per heavy atom. The predicted molar refractivity (Wildman–Crippen MR) is 56.5 cm³/mol. The number of benzene rings is 1. The summed E-state index contributed by atoms with van der Waals surface area (Å²) in [5.41, 5.74) is -0.435. The Labute approximate surface area is 95.4 Å². The fourth-order valence-electron chi connectivity index (χ4n) is 1.48. The average Bonchev–Trinajstić information content (AvgIpc) is 2.29. The molecule has 0 bridgehead atoms. The Bertz CT molecular complexity index is 547. The summed E-state index contributed by atoms with van der Waals surface area (Å²) in [4.78, 5) is 14.4. The molecule has 0 amide bonds. The molecule has 0 saturated heterocycles. The Hall–Kier alpha value is -2.30. The summed E-state index contributed by atoms with van der Waals surface area (Å²) in [6, 6.07) is 4.61. The number of hydrogen-bond donors (Lipinski definition) is 1. The second-order valence-electron chi connectivity index (χ2n) is 3.36. The topological polar surface area (TPSA) is 50.2 Å². The fourth-order valence-corrected chi connectivity index (χ4v) is 1.48. The molecule has 0 fully saturated rings. The number of nitrogens with zero attached hydrogens (tertiary/aromatic N) is 1. The zero-order valence-electron chi connectivity index (χ0n) is 8.52. The molecule has 1 aromatic carbocycles. The lowest BCUT2D eigenvalue weighted by atomic mass is 10.0. The van der Waals surface area contributed by atoms with Gasteiger partial charge >= 0.3 is 5.97 Å². The monoisotopic (exact) mass is 235 g/mol. The van der Waals surface area contributed by atoms with Crippen molar-refractivity contribution < 1.29 is 18.7 Å². The van der Waals surface area contributed by atoms with E-state index in [2.05, 4.69) is 4.98 Å². The van der Waals surface area contributed by atoms with Crippen LogP contribution in [-0.2, 0) is 0 Å². The van der Waals surface area contributed by atoms with Crippen molar-refractivity contribution in [3.05, 3.63) is 53.9 Å². The number of pyridine rings is 1. The summed E-state index contributed by atoms with van der Waals surface area (Å²) in [5, 5.41) is 8.65. The van der Waals surface area contributed by atoms with Gasteiger partial charge in [0, 0.05) is 18.0 Å². The summed E-state index contributed by atoms with van der Waals surface area (Å²) in [7, 11) is 0. The zero-order valence-corrected chi connectivity index (χ0v) is 8.52. The second-order valence-corrected chi connectivity index (χ2v) is 3.36. The van der Waals surface area contributed by atoms with Gasteiger partial charge in [0.15, 0.2) is 0 Å². The molecule has 0 aliphatic carbocycles. The average molecular weight is 235 g/mol. The molecule has 2 aromatic rings. The van der Waals surface area contributed by atoms with Crippen LogP contribution >= 0.6 is 0 Å². The summed E-state index contributed by atoms with van der Waals surface area (Å²) in [5.74, 6) is -3.22. The summed E-state index contributed by atoms with van der Waals surface area (Å²) >= 11 is 0. The summed E-state index contributed by atoms with van der Waals surface area (Å²) < 4.78 is 27.3. The van der Waals surface area contributed by atoms with E-state index < -0.39 is 23.2 Å². The lowest BCUT2D eigenvalue weighted by Crippen LogP contribution is -2.00. The first-order valence-corrected chi connectivity index (χ1v) is 4.72. The van der Waals surface area contributed by atoms with E-state index >= 15 is 0 Å². The van der Waals surface area contributed by atoms with Crippen LogP contribution in [0.25, 0.3) is 11.1 Å². The Balaban J connectivity index is 2.61. The first-order chi connectivity index (χ1) is 8.09. The van der Waals surface area contributed by atoms with Crippen molar-refractivity contribution in [1.82, 2.24) is 4.98 Å². The standard InChI is InChI=1S/C12H7F2NO2/c13-9-4-8(12(16)17)5-10(14)11(9)7-2-1-3-15-6-7/h1-6H,(H,16,17). The minimum Gasteiger partial charge on any atom is -0.478 e. The SMILES string of the molecule is O=C(O)c1cc(F)c(-c2cccnc2)c(F)c1. The third kappa shape index (κ3) is 2.13. The van der Waals surface area contributed by atoms with Crippen LogP contribution in [0.3, 0.4) is 0 Å². The van der Waals surface area contributed by atoms with Gasteiger partial charge in [0.25, 0.3) is 0 Å². The highest BCUT2D eigenvalue weighted by Crippen LogP contribution is 2.26. The van der Waals surface area contributed by atoms with Gasteiger partial charge in [-0.05, 0) is 18.2 Å². The maximum Gasteiger partial charge on any atom is 0.335 e. The van der Waals surface area contributed by atoms with E-state index in [1.165, 1.54) is 18.5 Å². The Morgan fingerprint density at radius 1 is 1.24 bits per heavy atom. The van der Waals surface area contributed by atoms with Crippen molar-refractivity contribution in [2.45, 2.75) is 0 Å². The molecule has 17 heavy (non-hydrogen) atoms. The molecule has 0 radical (unpaired) electrons. The highest BCUT2D eigenvalue weighted by atomic mass is 19.1. The van der Waals surface area contributed by atoms with Crippen molar-refractivity contribution >= 4 is 5.97 Å². The Kier molecular flexibility index (Phi) is 2.82. The van der Waals surface area contributed by atoms with Crippen molar-refractivity contribution in [2.75, 3.05) is 0 Å². The molecule has 2 rings (SSSR count). The van der Waals surface area contributed by atoms with Crippen LogP contribution in [-0.4, -0.2) is 16.1 Å². The van der Waals surface area contributed by atoms with Crippen LogP contribution in [0, 0.1) is 11.6 Å². The Morgan fingerprint density at radius 2 is 1.88 bits per heavy atom. The number of hydrogen-bond acceptors (Lipinski definition) is 2. The van der Waals surface area contributed by atoms with Crippen LogP contribution in [0.5, 0.6) is 0 Å². The molecule has 0 atom stereocenters. The normalized spacial score (nSPS) is 10.2. The van der Waals surface area contributed by atoms with E-state index in [4.69, 9.17) is 5.11 Å². The van der Waals surface area contributed by atoms with Crippen LogP contribution in [0.2, 0.25) is 0 Å². The molecular weight excluding hydrogens is 228 g/mol. The molecule has 1 aromatic heterocycles. The van der Waals surface area contributed by atoms with Gasteiger partial charge in [0.05, 0.1) is 11.1 Å². The van der Waals surface area contributed by atoms with E-state index in [0.717, 1.165) is 12.1 Å². The molecule has 0 spiro atoms. The maximum absolute atomic E-state index is 13.6. The molecule has 3 nitrogen and oxygen atoms in total. The van der Waals surface area contributed by atoms with Crippen molar-refractivity contribution in [2.24, 2.45) is 0 Å². The maximum atomic E-state index is 13.6. The van der Waals surface area contributed by atoms with E-state index in [-0.39, 0.29) is 11.1 Å². The van der Waals surface area contributed by atoms with Gasteiger partial charge < -0.3 is 5.11 Å². The highest BCUT2D eigenvalue weighted by molar-refractivity contribution is 5.88. The van der Waals surface area contributed by atoms with E-state index in [9.17, 15) is 13.6 Å². The van der Waals surface area contributed by atoms with Gasteiger partial charge in [-0.25, -0.2) is 13.6 Å². The number of aromatic carboxylic acids is 1. The quantitative estimate of drug-likeness (QED) is 0.870. The van der Waals surface area contributed by atoms with Gasteiger partial charge in [-0.1, -0.05) is 6.07 Å². The predicted octanol–water partition coefficient (Wildman–Crippen LogP) is 2.73. The van der Waals surface area contributed by atoms with Gasteiger partial charge in [0.1, 0.15) is 11.6 Å². The number of rotatable bonds is 2. The number of carbonyl (C=O) groups is 1. The van der Waals surface area contributed by atoms with E-state index in [1.807, 2.05) is 0 Å². The molecular formula is C12H7F2NO2. The van der Waals surface area contributed by atoms with E-state index in [1.54, 1.807) is 6.07 Å². The summed E-state index contributed by atoms with van der Waals surface area (Å²) in [6.07, 6.45) is 2.78. The third-order valence-corrected chi connectivity index (χ3v) is 2.24. The van der Waals surface area contributed by atoms with Crippen LogP contribution < -0.4 is 0 Å². The number of halogens is 2. The molecule has 86 valence electrons. The molecule has 0 saturated carbocycles. The van der Waals surface area contributed by atoms with Crippen LogP contribution in [0.4, 0.5) is 8.78 Å². The summed E-state index contributed by atoms with van der Waals surface area (Å²) in [6.45, 7) is 0. The third-order valence-electron chi connectivity index (χ3n) is 2.24. The van der Waals surface area contributed by atoms with Crippen molar-refractivity contribution in [3.8, 4) is 11.1 Å². The van der Waals surface area contributed by atoms with E-state index in [0.29, 0.717) is 0 Å². The highest BCUT2D eigenvalue weighted by Gasteiger charge is 2.15. The second kappa shape index (κ2) is 4.29. The minimum atomic E-state index is -1.37. The van der Waals surface area contributed by atoms with Crippen LogP contribution in [0.15, 0.2) is 36.7 Å². The van der Waals surface area contributed by atoms with Crippen molar-refractivity contribution in [1.29, 1.82) is 0 Å². The van der Waals surface area contributed by atoms with Gasteiger partial charge in [0.2, 0.25) is 0 Å². The lowest BCUT2D eigenvalue weighted by molar-refractivity contribution is 0.0696. The molecule has 1 heterocycles. The van der Waals surface area contributed by atoms with Gasteiger partial charge in [-0.2, -0.15) is 0 Å². The fraction of sp³-hybridized carbons (Fsp3) is 0. The lowest BCUT2D eigenvalue weighted by Gasteiger charge is -2.05. The number of carboxylic acids is 1. The number of carboxylic acid groups (broad SMARTS) is 1. The first-order valence-electron chi connectivity index (χ1n) is 4.72. The number of aromatic nitrogens is 1. The van der Waals surface area contributed by atoms with Gasteiger partial charge in [-0.15, -0.1) is 0 Å². The molecule has 0 aliphatic rings. The van der Waals surface area contributed by atoms with Gasteiger partial charge in [-0.3, -0.25) is 4.98 Å². The van der Waals surface area contributed by atoms with Crippen LogP contribution in [0.1, 0.15) is 10.4 Å². The zero-order chi connectivity index (χ0) is 12.4.